The van der Waals surface area contributed by atoms with E-state index in [0.717, 1.165) is 30.5 Å². The molecule has 2 aliphatic carbocycles. The van der Waals surface area contributed by atoms with Crippen molar-refractivity contribution in [2.24, 2.45) is 5.92 Å². The minimum absolute atomic E-state index is 0.0243. The first-order chi connectivity index (χ1) is 12.5. The number of hydrogen-bond donors (Lipinski definition) is 1. The Morgan fingerprint density at radius 3 is 2.62 bits per heavy atom. The van der Waals surface area contributed by atoms with Crippen molar-refractivity contribution in [1.29, 1.82) is 0 Å². The summed E-state index contributed by atoms with van der Waals surface area (Å²) in [4.78, 5) is 15.2. The SMILES string of the molecule is COC1=C(OC)[C@H]2[C@@H]3Cc4cc(O)c(OC)cc4[C@]2(CCN3C)CC1=O. The molecule has 3 atom stereocenters. The fraction of sp³-hybridized carbons (Fsp3) is 0.550. The molecular formula is C20H25NO5. The highest BCUT2D eigenvalue weighted by atomic mass is 16.5. The third-order valence-electron chi connectivity index (χ3n) is 6.49. The van der Waals surface area contributed by atoms with Crippen LogP contribution in [0.1, 0.15) is 24.0 Å². The lowest BCUT2D eigenvalue weighted by Crippen LogP contribution is -2.61. The van der Waals surface area contributed by atoms with Gasteiger partial charge in [0.2, 0.25) is 5.78 Å². The first-order valence-electron chi connectivity index (χ1n) is 8.92. The number of ether oxygens (including phenoxy) is 3. The van der Waals surface area contributed by atoms with Gasteiger partial charge in [0.05, 0.1) is 21.3 Å². The molecule has 0 radical (unpaired) electrons. The van der Waals surface area contributed by atoms with E-state index in [9.17, 15) is 9.90 Å². The summed E-state index contributed by atoms with van der Waals surface area (Å²) in [5.74, 6) is 1.61. The normalized spacial score (nSPS) is 30.5. The molecule has 0 saturated carbocycles. The number of carbonyl (C=O) groups excluding carboxylic acids is 1. The second-order valence-corrected chi connectivity index (χ2v) is 7.52. The number of Topliss-reactive ketones (excluding diaryl/α,β-unsaturated/α-hetero) is 1. The molecule has 1 fully saturated rings. The van der Waals surface area contributed by atoms with E-state index in [4.69, 9.17) is 14.2 Å². The third kappa shape index (κ3) is 2.11. The Morgan fingerprint density at radius 2 is 1.96 bits per heavy atom. The Bertz CT molecular complexity index is 802. The van der Waals surface area contributed by atoms with Crippen LogP contribution in [0.4, 0.5) is 0 Å². The molecule has 1 saturated heterocycles. The molecule has 1 aromatic carbocycles. The van der Waals surface area contributed by atoms with Gasteiger partial charge in [-0.2, -0.15) is 0 Å². The number of rotatable bonds is 3. The predicted octanol–water partition coefficient (Wildman–Crippen LogP) is 1.99. The first kappa shape index (κ1) is 17.2. The Kier molecular flexibility index (Phi) is 3.91. The number of nitrogens with zero attached hydrogens (tertiary/aromatic N) is 1. The molecule has 0 spiro atoms. The molecule has 2 bridgehead atoms. The number of aromatic hydroxyl groups is 1. The summed E-state index contributed by atoms with van der Waals surface area (Å²) in [5.41, 5.74) is 1.83. The number of likely N-dealkylation sites (N-methyl/N-ethyl adjacent to an activating group) is 1. The van der Waals surface area contributed by atoms with E-state index >= 15 is 0 Å². The first-order valence-corrected chi connectivity index (χ1v) is 8.92. The largest absolute Gasteiger partial charge is 0.504 e. The van der Waals surface area contributed by atoms with Gasteiger partial charge < -0.3 is 24.2 Å². The van der Waals surface area contributed by atoms with E-state index < -0.39 is 0 Å². The molecule has 0 aromatic heterocycles. The summed E-state index contributed by atoms with van der Waals surface area (Å²) < 4.78 is 16.5. The van der Waals surface area contributed by atoms with E-state index in [1.807, 2.05) is 6.07 Å². The highest BCUT2D eigenvalue weighted by Crippen LogP contribution is 2.57. The van der Waals surface area contributed by atoms with Crippen molar-refractivity contribution in [2.45, 2.75) is 30.7 Å². The second-order valence-electron chi connectivity index (χ2n) is 7.52. The molecule has 26 heavy (non-hydrogen) atoms. The van der Waals surface area contributed by atoms with Crippen LogP contribution >= 0.6 is 0 Å². The van der Waals surface area contributed by atoms with Gasteiger partial charge in [-0.15, -0.1) is 0 Å². The Morgan fingerprint density at radius 1 is 1.19 bits per heavy atom. The monoisotopic (exact) mass is 359 g/mol. The zero-order valence-electron chi connectivity index (χ0n) is 15.7. The number of fused-ring (bicyclic) bond motifs is 1. The van der Waals surface area contributed by atoms with Crippen LogP contribution in [-0.4, -0.2) is 56.8 Å². The van der Waals surface area contributed by atoms with Crippen molar-refractivity contribution in [3.63, 3.8) is 0 Å². The molecule has 0 amide bonds. The van der Waals surface area contributed by atoms with Crippen LogP contribution < -0.4 is 4.74 Å². The summed E-state index contributed by atoms with van der Waals surface area (Å²) in [6, 6.07) is 3.90. The topological polar surface area (TPSA) is 68.2 Å². The van der Waals surface area contributed by atoms with E-state index in [0.29, 0.717) is 23.7 Å². The molecule has 140 valence electrons. The Balaban J connectivity index is 1.99. The van der Waals surface area contributed by atoms with Gasteiger partial charge in [-0.1, -0.05) is 0 Å². The molecule has 3 aliphatic rings. The molecular weight excluding hydrogens is 334 g/mol. The van der Waals surface area contributed by atoms with Crippen LogP contribution in [-0.2, 0) is 26.1 Å². The molecule has 0 unspecified atom stereocenters. The van der Waals surface area contributed by atoms with Crippen LogP contribution in [0.3, 0.4) is 0 Å². The minimum Gasteiger partial charge on any atom is -0.504 e. The maximum Gasteiger partial charge on any atom is 0.201 e. The molecule has 4 rings (SSSR count). The maximum atomic E-state index is 12.9. The average molecular weight is 359 g/mol. The van der Waals surface area contributed by atoms with Crippen LogP contribution in [0.15, 0.2) is 23.7 Å². The average Bonchev–Trinajstić information content (AvgIpc) is 2.63. The molecule has 1 heterocycles. The smallest absolute Gasteiger partial charge is 0.201 e. The number of allylic oxidation sites excluding steroid dienone is 1. The van der Waals surface area contributed by atoms with Gasteiger partial charge in [0.1, 0.15) is 5.76 Å². The molecule has 6 heteroatoms. The van der Waals surface area contributed by atoms with Crippen molar-refractivity contribution < 1.29 is 24.1 Å². The summed E-state index contributed by atoms with van der Waals surface area (Å²) in [5, 5.41) is 10.3. The lowest BCUT2D eigenvalue weighted by atomic mass is 9.53. The Labute approximate surface area is 153 Å². The van der Waals surface area contributed by atoms with Gasteiger partial charge in [0.15, 0.2) is 17.3 Å². The highest BCUT2D eigenvalue weighted by Gasteiger charge is 2.59. The van der Waals surface area contributed by atoms with Gasteiger partial charge in [0, 0.05) is 23.8 Å². The fourth-order valence-corrected chi connectivity index (χ4v) is 5.33. The van der Waals surface area contributed by atoms with Gasteiger partial charge in [-0.25, -0.2) is 0 Å². The molecule has 1 aromatic rings. The standard InChI is InChI=1S/C20H25NO5/c1-21-6-5-20-10-15(23)18(25-3)19(26-4)17(20)13(21)7-11-8-14(22)16(24-2)9-12(11)20/h8-9,13,17,22H,5-7,10H2,1-4H3/t13-,17+,20-/m0/s1. The van der Waals surface area contributed by atoms with Crippen molar-refractivity contribution >= 4 is 5.78 Å². The summed E-state index contributed by atoms with van der Waals surface area (Å²) in [7, 11) is 6.80. The molecule has 1 N–H and O–H groups in total. The number of phenols is 1. The maximum absolute atomic E-state index is 12.9. The van der Waals surface area contributed by atoms with Gasteiger partial charge in [-0.3, -0.25) is 4.79 Å². The zero-order chi connectivity index (χ0) is 18.6. The lowest BCUT2D eigenvalue weighted by Gasteiger charge is -2.57. The lowest BCUT2D eigenvalue weighted by molar-refractivity contribution is -0.125. The highest BCUT2D eigenvalue weighted by molar-refractivity contribution is 5.96. The van der Waals surface area contributed by atoms with Crippen molar-refractivity contribution in [2.75, 3.05) is 34.9 Å². The molecule has 6 nitrogen and oxygen atoms in total. The molecule has 1 aliphatic heterocycles. The van der Waals surface area contributed by atoms with Gasteiger partial charge >= 0.3 is 0 Å². The van der Waals surface area contributed by atoms with Crippen LogP contribution in [0.2, 0.25) is 0 Å². The number of piperidine rings is 1. The van der Waals surface area contributed by atoms with Crippen LogP contribution in [0.5, 0.6) is 11.5 Å². The van der Waals surface area contributed by atoms with E-state index in [2.05, 4.69) is 11.9 Å². The number of carbonyl (C=O) groups is 1. The number of hydrogen-bond acceptors (Lipinski definition) is 6. The summed E-state index contributed by atoms with van der Waals surface area (Å²) >= 11 is 0. The van der Waals surface area contributed by atoms with Gasteiger partial charge in [-0.05, 0) is 49.7 Å². The van der Waals surface area contributed by atoms with Crippen molar-refractivity contribution in [1.82, 2.24) is 4.90 Å². The van der Waals surface area contributed by atoms with E-state index in [1.165, 1.54) is 7.11 Å². The predicted molar refractivity (Wildman–Crippen MR) is 95.2 cm³/mol. The second kappa shape index (κ2) is 5.91. The summed E-state index contributed by atoms with van der Waals surface area (Å²) in [6.07, 6.45) is 2.02. The quantitative estimate of drug-likeness (QED) is 0.890. The third-order valence-corrected chi connectivity index (χ3v) is 6.49. The zero-order valence-corrected chi connectivity index (χ0v) is 15.7. The van der Waals surface area contributed by atoms with Crippen LogP contribution in [0.25, 0.3) is 0 Å². The number of likely N-dealkylation sites (tertiary alicyclic amines) is 1. The number of ketones is 1. The number of phenolic OH excluding ortho intramolecular Hbond substituents is 1. The van der Waals surface area contributed by atoms with E-state index in [1.54, 1.807) is 20.3 Å². The Hall–Kier alpha value is -2.21. The van der Waals surface area contributed by atoms with Gasteiger partial charge in [0.25, 0.3) is 0 Å². The van der Waals surface area contributed by atoms with Crippen LogP contribution in [0, 0.1) is 5.92 Å². The van der Waals surface area contributed by atoms with Crippen molar-refractivity contribution in [3.05, 3.63) is 34.8 Å². The number of benzene rings is 1. The number of methoxy groups -OCH3 is 3. The fourth-order valence-electron chi connectivity index (χ4n) is 5.33. The van der Waals surface area contributed by atoms with Crippen molar-refractivity contribution in [3.8, 4) is 11.5 Å². The minimum atomic E-state index is -0.351. The van der Waals surface area contributed by atoms with E-state index in [-0.39, 0.29) is 28.9 Å². The summed E-state index contributed by atoms with van der Waals surface area (Å²) in [6.45, 7) is 0.913.